The lowest BCUT2D eigenvalue weighted by Gasteiger charge is -2.37. The standard InChI is InChI=1S/C14H16BrN3O/c1-9-7-8-14(19,11-6-4-3-5-10(9)11)12-13(15)16-17-18(12)2/h3-6,9,19H,7-8H2,1-2H3. The normalized spacial score (nSPS) is 26.2. The number of aryl methyl sites for hydroxylation is 1. The van der Waals surface area contributed by atoms with Gasteiger partial charge in [-0.1, -0.05) is 36.4 Å². The monoisotopic (exact) mass is 321 g/mol. The molecule has 0 saturated carbocycles. The van der Waals surface area contributed by atoms with Gasteiger partial charge in [0.05, 0.1) is 0 Å². The summed E-state index contributed by atoms with van der Waals surface area (Å²) >= 11 is 3.40. The Balaban J connectivity index is 2.24. The van der Waals surface area contributed by atoms with E-state index in [0.29, 0.717) is 16.9 Å². The lowest BCUT2D eigenvalue weighted by atomic mass is 9.73. The number of halogens is 1. The van der Waals surface area contributed by atoms with E-state index in [1.165, 1.54) is 5.56 Å². The second-order valence-electron chi connectivity index (χ2n) is 5.24. The molecular formula is C14H16BrN3O. The van der Waals surface area contributed by atoms with Gasteiger partial charge in [0.15, 0.2) is 4.60 Å². The van der Waals surface area contributed by atoms with Crippen LogP contribution in [0.15, 0.2) is 28.9 Å². The third-order valence-corrected chi connectivity index (χ3v) is 4.59. The van der Waals surface area contributed by atoms with E-state index < -0.39 is 5.60 Å². The zero-order chi connectivity index (χ0) is 13.6. The Kier molecular flexibility index (Phi) is 2.98. The van der Waals surface area contributed by atoms with Crippen LogP contribution in [0.4, 0.5) is 0 Å². The number of rotatable bonds is 1. The summed E-state index contributed by atoms with van der Waals surface area (Å²) in [4.78, 5) is 0. The summed E-state index contributed by atoms with van der Waals surface area (Å²) < 4.78 is 2.26. The minimum absolute atomic E-state index is 0.469. The Labute approximate surface area is 120 Å². The molecule has 2 aromatic rings. The molecule has 4 nitrogen and oxygen atoms in total. The fourth-order valence-electron chi connectivity index (χ4n) is 3.04. The van der Waals surface area contributed by atoms with E-state index >= 15 is 0 Å². The van der Waals surface area contributed by atoms with E-state index in [9.17, 15) is 5.11 Å². The number of aromatic nitrogens is 3. The highest BCUT2D eigenvalue weighted by Gasteiger charge is 2.42. The third-order valence-electron chi connectivity index (χ3n) is 4.05. The molecule has 2 unspecified atom stereocenters. The second kappa shape index (κ2) is 4.42. The molecule has 1 aliphatic rings. The van der Waals surface area contributed by atoms with E-state index in [1.54, 1.807) is 4.68 Å². The van der Waals surface area contributed by atoms with Gasteiger partial charge in [0, 0.05) is 7.05 Å². The van der Waals surface area contributed by atoms with Gasteiger partial charge in [-0.05, 0) is 45.8 Å². The van der Waals surface area contributed by atoms with Crippen LogP contribution in [0.25, 0.3) is 0 Å². The molecule has 100 valence electrons. The van der Waals surface area contributed by atoms with Gasteiger partial charge in [-0.25, -0.2) is 4.68 Å². The van der Waals surface area contributed by atoms with Crippen molar-refractivity contribution in [1.82, 2.24) is 15.0 Å². The van der Waals surface area contributed by atoms with Gasteiger partial charge < -0.3 is 5.11 Å². The van der Waals surface area contributed by atoms with Crippen LogP contribution in [0.3, 0.4) is 0 Å². The molecule has 0 radical (unpaired) electrons. The second-order valence-corrected chi connectivity index (χ2v) is 5.99. The van der Waals surface area contributed by atoms with Crippen molar-refractivity contribution < 1.29 is 5.11 Å². The molecule has 1 aliphatic carbocycles. The van der Waals surface area contributed by atoms with Crippen LogP contribution in [0.5, 0.6) is 0 Å². The molecule has 0 saturated heterocycles. The Morgan fingerprint density at radius 2 is 2.16 bits per heavy atom. The van der Waals surface area contributed by atoms with Crippen LogP contribution in [-0.2, 0) is 12.6 Å². The number of hydrogen-bond acceptors (Lipinski definition) is 3. The Bertz CT molecular complexity index is 605. The van der Waals surface area contributed by atoms with Crippen molar-refractivity contribution in [3.63, 3.8) is 0 Å². The zero-order valence-corrected chi connectivity index (χ0v) is 12.6. The van der Waals surface area contributed by atoms with E-state index in [2.05, 4.69) is 39.2 Å². The molecule has 0 aliphatic heterocycles. The molecule has 0 spiro atoms. The van der Waals surface area contributed by atoms with Crippen LogP contribution in [-0.4, -0.2) is 20.1 Å². The average molecular weight is 322 g/mol. The fraction of sp³-hybridized carbons (Fsp3) is 0.429. The summed E-state index contributed by atoms with van der Waals surface area (Å²) in [5.74, 6) is 0.469. The maximum atomic E-state index is 11.2. The quantitative estimate of drug-likeness (QED) is 0.878. The lowest BCUT2D eigenvalue weighted by molar-refractivity contribution is 0.0490. The molecule has 0 amide bonds. The van der Waals surface area contributed by atoms with Crippen LogP contribution in [0, 0.1) is 0 Å². The molecule has 3 rings (SSSR count). The molecule has 1 heterocycles. The maximum absolute atomic E-state index is 11.2. The summed E-state index contributed by atoms with van der Waals surface area (Å²) in [6.07, 6.45) is 1.64. The molecule has 5 heteroatoms. The first kappa shape index (κ1) is 12.8. The molecule has 1 N–H and O–H groups in total. The Morgan fingerprint density at radius 1 is 1.42 bits per heavy atom. The lowest BCUT2D eigenvalue weighted by Crippen LogP contribution is -2.35. The minimum Gasteiger partial charge on any atom is -0.379 e. The van der Waals surface area contributed by atoms with Gasteiger partial charge in [-0.3, -0.25) is 0 Å². The van der Waals surface area contributed by atoms with Crippen LogP contribution in [0.1, 0.15) is 42.5 Å². The van der Waals surface area contributed by atoms with E-state index in [1.807, 2.05) is 25.2 Å². The highest BCUT2D eigenvalue weighted by atomic mass is 79.9. The average Bonchev–Trinajstić information content (AvgIpc) is 2.75. The number of fused-ring (bicyclic) bond motifs is 1. The van der Waals surface area contributed by atoms with Crippen molar-refractivity contribution in [3.05, 3.63) is 45.7 Å². The minimum atomic E-state index is -1.01. The largest absolute Gasteiger partial charge is 0.379 e. The number of hydrogen-bond donors (Lipinski definition) is 1. The highest BCUT2D eigenvalue weighted by molar-refractivity contribution is 9.10. The molecule has 1 aromatic carbocycles. The number of benzene rings is 1. The van der Waals surface area contributed by atoms with Crippen molar-refractivity contribution >= 4 is 15.9 Å². The van der Waals surface area contributed by atoms with Crippen LogP contribution >= 0.6 is 15.9 Å². The van der Waals surface area contributed by atoms with Crippen molar-refractivity contribution in [1.29, 1.82) is 0 Å². The summed E-state index contributed by atoms with van der Waals surface area (Å²) in [5, 5.41) is 19.2. The molecule has 2 atom stereocenters. The third kappa shape index (κ3) is 1.83. The first-order chi connectivity index (χ1) is 9.04. The number of aliphatic hydroxyl groups is 1. The topological polar surface area (TPSA) is 50.9 Å². The van der Waals surface area contributed by atoms with Crippen LogP contribution < -0.4 is 0 Å². The van der Waals surface area contributed by atoms with E-state index in [4.69, 9.17) is 0 Å². The molecule has 0 fully saturated rings. The SMILES string of the molecule is CC1CCC(O)(c2c(Br)nnn2C)c2ccccc21. The van der Waals surface area contributed by atoms with Crippen molar-refractivity contribution in [3.8, 4) is 0 Å². The smallest absolute Gasteiger partial charge is 0.154 e. The van der Waals surface area contributed by atoms with Gasteiger partial charge in [-0.2, -0.15) is 0 Å². The fourth-order valence-corrected chi connectivity index (χ4v) is 3.69. The molecule has 19 heavy (non-hydrogen) atoms. The summed E-state index contributed by atoms with van der Waals surface area (Å²) in [6.45, 7) is 2.20. The Hall–Kier alpha value is -1.20. The van der Waals surface area contributed by atoms with Gasteiger partial charge in [0.2, 0.25) is 0 Å². The van der Waals surface area contributed by atoms with E-state index in [0.717, 1.165) is 17.7 Å². The summed E-state index contributed by atoms with van der Waals surface area (Å²) in [7, 11) is 1.81. The van der Waals surface area contributed by atoms with Crippen molar-refractivity contribution in [2.75, 3.05) is 0 Å². The van der Waals surface area contributed by atoms with Crippen LogP contribution in [0.2, 0.25) is 0 Å². The van der Waals surface area contributed by atoms with Gasteiger partial charge >= 0.3 is 0 Å². The predicted octanol–water partition coefficient (Wildman–Crippen LogP) is 2.71. The molecule has 1 aromatic heterocycles. The van der Waals surface area contributed by atoms with E-state index in [-0.39, 0.29) is 0 Å². The molecular weight excluding hydrogens is 306 g/mol. The summed E-state index contributed by atoms with van der Waals surface area (Å²) in [6, 6.07) is 8.10. The Morgan fingerprint density at radius 3 is 2.84 bits per heavy atom. The highest BCUT2D eigenvalue weighted by Crippen LogP contribution is 2.46. The van der Waals surface area contributed by atoms with Gasteiger partial charge in [-0.15, -0.1) is 5.10 Å². The maximum Gasteiger partial charge on any atom is 0.154 e. The first-order valence-electron chi connectivity index (χ1n) is 6.41. The van der Waals surface area contributed by atoms with Crippen molar-refractivity contribution in [2.24, 2.45) is 7.05 Å². The van der Waals surface area contributed by atoms with Crippen molar-refractivity contribution in [2.45, 2.75) is 31.3 Å². The number of nitrogens with zero attached hydrogens (tertiary/aromatic N) is 3. The molecule has 0 bridgehead atoms. The summed E-state index contributed by atoms with van der Waals surface area (Å²) in [5.41, 5.74) is 1.90. The van der Waals surface area contributed by atoms with Gasteiger partial charge in [0.1, 0.15) is 11.3 Å². The predicted molar refractivity (Wildman–Crippen MR) is 75.8 cm³/mol. The zero-order valence-electron chi connectivity index (χ0n) is 11.0. The first-order valence-corrected chi connectivity index (χ1v) is 7.21. The van der Waals surface area contributed by atoms with Gasteiger partial charge in [0.25, 0.3) is 0 Å².